The summed E-state index contributed by atoms with van der Waals surface area (Å²) in [6.45, 7) is 11.0. The molecule has 1 aromatic carbocycles. The first-order valence-electron chi connectivity index (χ1n) is 8.67. The maximum absolute atomic E-state index is 2.56. The van der Waals surface area contributed by atoms with E-state index < -0.39 is 0 Å². The molecule has 1 saturated heterocycles. The molecular formula is C19H33N. The van der Waals surface area contributed by atoms with E-state index in [0.717, 1.165) is 5.92 Å². The van der Waals surface area contributed by atoms with Gasteiger partial charge in [0.2, 0.25) is 0 Å². The van der Waals surface area contributed by atoms with E-state index in [4.69, 9.17) is 0 Å². The Morgan fingerprint density at radius 1 is 0.950 bits per heavy atom. The summed E-state index contributed by atoms with van der Waals surface area (Å²) in [4.78, 5) is 2.56. The van der Waals surface area contributed by atoms with Gasteiger partial charge in [-0.25, -0.2) is 0 Å². The van der Waals surface area contributed by atoms with Gasteiger partial charge in [0.15, 0.2) is 0 Å². The van der Waals surface area contributed by atoms with Crippen molar-refractivity contribution in [1.29, 1.82) is 0 Å². The first-order valence-corrected chi connectivity index (χ1v) is 8.67. The zero-order valence-electron chi connectivity index (χ0n) is 14.0. The fraction of sp³-hybridized carbons (Fsp3) is 0.684. The molecule has 20 heavy (non-hydrogen) atoms. The molecule has 1 nitrogen and oxygen atoms in total. The quantitative estimate of drug-likeness (QED) is 0.668. The Balaban J connectivity index is 0.000000956. The summed E-state index contributed by atoms with van der Waals surface area (Å²) >= 11 is 0. The Kier molecular flexibility index (Phi) is 8.41. The number of rotatable bonds is 5. The van der Waals surface area contributed by atoms with Crippen molar-refractivity contribution in [3.05, 3.63) is 29.8 Å². The molecule has 1 heterocycles. The van der Waals surface area contributed by atoms with Gasteiger partial charge in [0.1, 0.15) is 0 Å². The summed E-state index contributed by atoms with van der Waals surface area (Å²) < 4.78 is 0. The molecule has 1 aliphatic rings. The molecule has 0 saturated carbocycles. The summed E-state index contributed by atoms with van der Waals surface area (Å²) in [6.07, 6.45) is 7.97. The Morgan fingerprint density at radius 3 is 2.05 bits per heavy atom. The van der Waals surface area contributed by atoms with Gasteiger partial charge in [0.05, 0.1) is 0 Å². The smallest absolute Gasteiger partial charge is 0.0366 e. The van der Waals surface area contributed by atoms with Crippen LogP contribution in [0.4, 0.5) is 5.69 Å². The van der Waals surface area contributed by atoms with Crippen LogP contribution in [0.2, 0.25) is 0 Å². The van der Waals surface area contributed by atoms with Crippen LogP contribution in [0.5, 0.6) is 0 Å². The minimum Gasteiger partial charge on any atom is -0.372 e. The fourth-order valence-corrected chi connectivity index (χ4v) is 3.05. The second-order valence-corrected chi connectivity index (χ2v) is 5.64. The molecule has 0 aliphatic carbocycles. The number of aryl methyl sites for hydroxylation is 1. The van der Waals surface area contributed by atoms with Crippen LogP contribution in [0.1, 0.15) is 65.4 Å². The Bertz CT molecular complexity index is 333. The van der Waals surface area contributed by atoms with Crippen LogP contribution in [-0.4, -0.2) is 13.1 Å². The molecule has 0 spiro atoms. The molecular weight excluding hydrogens is 242 g/mol. The average Bonchev–Trinajstić information content (AvgIpc) is 2.52. The molecule has 0 amide bonds. The van der Waals surface area contributed by atoms with Crippen LogP contribution in [0.25, 0.3) is 0 Å². The van der Waals surface area contributed by atoms with E-state index >= 15 is 0 Å². The summed E-state index contributed by atoms with van der Waals surface area (Å²) in [6, 6.07) is 9.23. The number of anilines is 1. The lowest BCUT2D eigenvalue weighted by atomic mass is 9.92. The van der Waals surface area contributed by atoms with E-state index in [1.807, 2.05) is 13.8 Å². The van der Waals surface area contributed by atoms with Gasteiger partial charge in [-0.3, -0.25) is 0 Å². The molecule has 114 valence electrons. The Labute approximate surface area is 126 Å². The van der Waals surface area contributed by atoms with E-state index in [0.29, 0.717) is 0 Å². The number of nitrogens with zero attached hydrogens (tertiary/aromatic N) is 1. The standard InChI is InChI=1S/C17H27N.C2H6/c1-3-5-15-7-9-17(10-8-15)18-13-11-16(6-4-2)12-14-18;1-2/h7-10,16H,3-6,11-14H2,1-2H3;1-2H3. The van der Waals surface area contributed by atoms with Gasteiger partial charge < -0.3 is 4.90 Å². The van der Waals surface area contributed by atoms with Crippen LogP contribution >= 0.6 is 0 Å². The third kappa shape index (κ3) is 5.19. The zero-order chi connectivity index (χ0) is 14.8. The highest BCUT2D eigenvalue weighted by molar-refractivity contribution is 5.48. The molecule has 0 atom stereocenters. The topological polar surface area (TPSA) is 3.24 Å². The van der Waals surface area contributed by atoms with Crippen molar-refractivity contribution in [2.75, 3.05) is 18.0 Å². The van der Waals surface area contributed by atoms with Crippen LogP contribution in [0.15, 0.2) is 24.3 Å². The molecule has 1 fully saturated rings. The molecule has 0 N–H and O–H groups in total. The molecule has 0 radical (unpaired) electrons. The van der Waals surface area contributed by atoms with E-state index in [2.05, 4.69) is 43.0 Å². The Hall–Kier alpha value is -0.980. The lowest BCUT2D eigenvalue weighted by molar-refractivity contribution is 0.378. The third-order valence-corrected chi connectivity index (χ3v) is 4.15. The van der Waals surface area contributed by atoms with Crippen molar-refractivity contribution in [2.24, 2.45) is 5.92 Å². The number of piperidine rings is 1. The van der Waals surface area contributed by atoms with Gasteiger partial charge in [0, 0.05) is 18.8 Å². The fourth-order valence-electron chi connectivity index (χ4n) is 3.05. The molecule has 0 unspecified atom stereocenters. The second-order valence-electron chi connectivity index (χ2n) is 5.64. The zero-order valence-corrected chi connectivity index (χ0v) is 14.0. The van der Waals surface area contributed by atoms with Crippen LogP contribution in [0, 0.1) is 5.92 Å². The highest BCUT2D eigenvalue weighted by Gasteiger charge is 2.18. The van der Waals surface area contributed by atoms with Crippen molar-refractivity contribution in [3.8, 4) is 0 Å². The average molecular weight is 275 g/mol. The monoisotopic (exact) mass is 275 g/mol. The van der Waals surface area contributed by atoms with Gasteiger partial charge in [-0.1, -0.05) is 59.1 Å². The molecule has 1 aliphatic heterocycles. The van der Waals surface area contributed by atoms with Gasteiger partial charge in [-0.05, 0) is 42.9 Å². The summed E-state index contributed by atoms with van der Waals surface area (Å²) in [7, 11) is 0. The summed E-state index contributed by atoms with van der Waals surface area (Å²) in [5.41, 5.74) is 2.90. The second kappa shape index (κ2) is 9.85. The van der Waals surface area contributed by atoms with Crippen molar-refractivity contribution in [2.45, 2.75) is 66.2 Å². The molecule has 0 bridgehead atoms. The van der Waals surface area contributed by atoms with Crippen molar-refractivity contribution in [1.82, 2.24) is 0 Å². The number of hydrogen-bond acceptors (Lipinski definition) is 1. The number of benzene rings is 1. The first-order chi connectivity index (χ1) is 9.83. The highest BCUT2D eigenvalue weighted by Crippen LogP contribution is 2.26. The van der Waals surface area contributed by atoms with E-state index in [1.165, 1.54) is 62.9 Å². The first kappa shape index (κ1) is 17.1. The van der Waals surface area contributed by atoms with Gasteiger partial charge >= 0.3 is 0 Å². The predicted molar refractivity (Wildman–Crippen MR) is 91.6 cm³/mol. The largest absolute Gasteiger partial charge is 0.372 e. The van der Waals surface area contributed by atoms with Crippen molar-refractivity contribution < 1.29 is 0 Å². The van der Waals surface area contributed by atoms with Crippen LogP contribution in [0.3, 0.4) is 0 Å². The normalized spacial score (nSPS) is 15.7. The lowest BCUT2D eigenvalue weighted by Crippen LogP contribution is -2.33. The van der Waals surface area contributed by atoms with Gasteiger partial charge in [0.25, 0.3) is 0 Å². The highest BCUT2D eigenvalue weighted by atomic mass is 15.1. The predicted octanol–water partition coefficient (Wildman–Crippen LogP) is 5.68. The Morgan fingerprint density at radius 2 is 1.55 bits per heavy atom. The van der Waals surface area contributed by atoms with Crippen LogP contribution in [-0.2, 0) is 6.42 Å². The molecule has 0 aromatic heterocycles. The van der Waals surface area contributed by atoms with E-state index in [1.54, 1.807) is 0 Å². The maximum Gasteiger partial charge on any atom is 0.0366 e. The maximum atomic E-state index is 2.56. The van der Waals surface area contributed by atoms with Gasteiger partial charge in [-0.15, -0.1) is 0 Å². The SMILES string of the molecule is CC.CCCc1ccc(N2CCC(CCC)CC2)cc1. The van der Waals surface area contributed by atoms with Gasteiger partial charge in [-0.2, -0.15) is 0 Å². The molecule has 2 rings (SSSR count). The van der Waals surface area contributed by atoms with E-state index in [9.17, 15) is 0 Å². The minimum atomic E-state index is 0.977. The summed E-state index contributed by atoms with van der Waals surface area (Å²) in [5, 5.41) is 0. The lowest BCUT2D eigenvalue weighted by Gasteiger charge is -2.33. The minimum absolute atomic E-state index is 0.977. The number of hydrogen-bond donors (Lipinski definition) is 0. The summed E-state index contributed by atoms with van der Waals surface area (Å²) in [5.74, 6) is 0.977. The molecule has 1 heteroatoms. The van der Waals surface area contributed by atoms with E-state index in [-0.39, 0.29) is 0 Å². The third-order valence-electron chi connectivity index (χ3n) is 4.15. The van der Waals surface area contributed by atoms with Crippen molar-refractivity contribution in [3.63, 3.8) is 0 Å². The van der Waals surface area contributed by atoms with Crippen LogP contribution < -0.4 is 4.90 Å². The molecule has 1 aromatic rings. The van der Waals surface area contributed by atoms with Crippen molar-refractivity contribution >= 4 is 5.69 Å².